The average molecular weight is 252 g/mol. The topological polar surface area (TPSA) is 58.2 Å². The van der Waals surface area contributed by atoms with Crippen molar-refractivity contribution in [2.45, 2.75) is 24.3 Å². The fraction of sp³-hybridized carbons (Fsp3) is 0.333. The minimum atomic E-state index is -3.44. The van der Waals surface area contributed by atoms with E-state index >= 15 is 0 Å². The van der Waals surface area contributed by atoms with E-state index in [1.807, 2.05) is 6.07 Å². The molecule has 0 saturated heterocycles. The molecule has 17 heavy (non-hydrogen) atoms. The Morgan fingerprint density at radius 2 is 2.29 bits per heavy atom. The molecule has 1 aliphatic rings. The van der Waals surface area contributed by atoms with E-state index in [-0.39, 0.29) is 6.04 Å². The Morgan fingerprint density at radius 1 is 1.53 bits per heavy atom. The number of anilines is 1. The summed E-state index contributed by atoms with van der Waals surface area (Å²) in [7, 11) is -3.44. The smallest absolute Gasteiger partial charge is 0.241 e. The number of hydrogen-bond donors (Lipinski definition) is 2. The third-order valence-corrected chi connectivity index (χ3v) is 4.35. The summed E-state index contributed by atoms with van der Waals surface area (Å²) in [6, 6.07) is 4.89. The van der Waals surface area contributed by atoms with Gasteiger partial charge in [0.2, 0.25) is 10.0 Å². The Kier molecular flexibility index (Phi) is 3.22. The zero-order chi connectivity index (χ0) is 12.5. The second-order valence-electron chi connectivity index (χ2n) is 4.14. The van der Waals surface area contributed by atoms with Gasteiger partial charge in [-0.05, 0) is 37.1 Å². The third-order valence-electron chi connectivity index (χ3n) is 2.79. The van der Waals surface area contributed by atoms with E-state index < -0.39 is 10.0 Å². The van der Waals surface area contributed by atoms with E-state index in [1.165, 1.54) is 0 Å². The van der Waals surface area contributed by atoms with Crippen LogP contribution < -0.4 is 10.0 Å². The van der Waals surface area contributed by atoms with Crippen LogP contribution in [0.5, 0.6) is 0 Å². The predicted octanol–water partition coefficient (Wildman–Crippen LogP) is 1.51. The SMILES string of the molecule is C=CC(C)NS(=O)(=O)c1ccc2c(c1)CCN2. The quantitative estimate of drug-likeness (QED) is 0.799. The van der Waals surface area contributed by atoms with Gasteiger partial charge in [-0.25, -0.2) is 13.1 Å². The van der Waals surface area contributed by atoms with Gasteiger partial charge in [-0.2, -0.15) is 0 Å². The lowest BCUT2D eigenvalue weighted by Crippen LogP contribution is -2.31. The molecule has 2 rings (SSSR count). The minimum Gasteiger partial charge on any atom is -0.384 e. The van der Waals surface area contributed by atoms with Crippen molar-refractivity contribution >= 4 is 15.7 Å². The van der Waals surface area contributed by atoms with Crippen molar-refractivity contribution < 1.29 is 8.42 Å². The largest absolute Gasteiger partial charge is 0.384 e. The summed E-state index contributed by atoms with van der Waals surface area (Å²) >= 11 is 0. The standard InChI is InChI=1S/C12H16N2O2S/c1-3-9(2)14-17(15,16)11-4-5-12-10(8-11)6-7-13-12/h3-5,8-9,13-14H,1,6-7H2,2H3. The molecule has 1 aliphatic heterocycles. The number of rotatable bonds is 4. The summed E-state index contributed by atoms with van der Waals surface area (Å²) in [4.78, 5) is 0.314. The van der Waals surface area contributed by atoms with Crippen LogP contribution in [-0.4, -0.2) is 21.0 Å². The van der Waals surface area contributed by atoms with Crippen molar-refractivity contribution in [3.05, 3.63) is 36.4 Å². The molecule has 1 atom stereocenters. The van der Waals surface area contributed by atoms with E-state index in [0.717, 1.165) is 24.2 Å². The van der Waals surface area contributed by atoms with E-state index in [4.69, 9.17) is 0 Å². The van der Waals surface area contributed by atoms with Gasteiger partial charge in [0.15, 0.2) is 0 Å². The number of benzene rings is 1. The molecule has 1 heterocycles. The van der Waals surface area contributed by atoms with Crippen molar-refractivity contribution in [2.75, 3.05) is 11.9 Å². The summed E-state index contributed by atoms with van der Waals surface area (Å²) in [6.07, 6.45) is 2.43. The second-order valence-corrected chi connectivity index (χ2v) is 5.86. The van der Waals surface area contributed by atoms with Gasteiger partial charge in [0.05, 0.1) is 4.90 Å². The maximum atomic E-state index is 12.0. The molecule has 0 spiro atoms. The Hall–Kier alpha value is -1.33. The molecule has 0 aromatic heterocycles. The molecule has 0 aliphatic carbocycles. The predicted molar refractivity (Wildman–Crippen MR) is 68.6 cm³/mol. The highest BCUT2D eigenvalue weighted by Gasteiger charge is 2.19. The molecule has 0 amide bonds. The van der Waals surface area contributed by atoms with Crippen molar-refractivity contribution in [1.82, 2.24) is 4.72 Å². The summed E-state index contributed by atoms with van der Waals surface area (Å²) in [5, 5.41) is 3.20. The van der Waals surface area contributed by atoms with E-state index in [0.29, 0.717) is 4.90 Å². The van der Waals surface area contributed by atoms with Gasteiger partial charge in [-0.1, -0.05) is 6.08 Å². The van der Waals surface area contributed by atoms with Gasteiger partial charge < -0.3 is 5.32 Å². The highest BCUT2D eigenvalue weighted by molar-refractivity contribution is 7.89. The molecule has 5 heteroatoms. The lowest BCUT2D eigenvalue weighted by molar-refractivity contribution is 0.576. The molecule has 0 fully saturated rings. The Balaban J connectivity index is 2.31. The minimum absolute atomic E-state index is 0.272. The van der Waals surface area contributed by atoms with Crippen molar-refractivity contribution in [3.8, 4) is 0 Å². The van der Waals surface area contributed by atoms with Crippen LogP contribution in [0.2, 0.25) is 0 Å². The Morgan fingerprint density at radius 3 is 3.00 bits per heavy atom. The zero-order valence-electron chi connectivity index (χ0n) is 9.73. The summed E-state index contributed by atoms with van der Waals surface area (Å²) in [5.41, 5.74) is 2.08. The highest BCUT2D eigenvalue weighted by Crippen LogP contribution is 2.25. The first kappa shape index (κ1) is 12.1. The van der Waals surface area contributed by atoms with Crippen molar-refractivity contribution in [3.63, 3.8) is 0 Å². The Labute approximate surface area is 102 Å². The van der Waals surface area contributed by atoms with Crippen LogP contribution in [0.25, 0.3) is 0 Å². The van der Waals surface area contributed by atoms with Gasteiger partial charge in [0, 0.05) is 18.3 Å². The van der Waals surface area contributed by atoms with Gasteiger partial charge >= 0.3 is 0 Å². The molecule has 1 aromatic carbocycles. The van der Waals surface area contributed by atoms with Crippen LogP contribution >= 0.6 is 0 Å². The molecule has 0 bridgehead atoms. The fourth-order valence-electron chi connectivity index (χ4n) is 1.81. The summed E-state index contributed by atoms with van der Waals surface area (Å²) in [5.74, 6) is 0. The lowest BCUT2D eigenvalue weighted by Gasteiger charge is -2.11. The van der Waals surface area contributed by atoms with E-state index in [1.54, 1.807) is 25.1 Å². The molecular weight excluding hydrogens is 236 g/mol. The normalized spacial score (nSPS) is 16.1. The maximum Gasteiger partial charge on any atom is 0.241 e. The first-order chi connectivity index (χ1) is 8.03. The highest BCUT2D eigenvalue weighted by atomic mass is 32.2. The molecular formula is C12H16N2O2S. The number of sulfonamides is 1. The van der Waals surface area contributed by atoms with Crippen LogP contribution in [-0.2, 0) is 16.4 Å². The van der Waals surface area contributed by atoms with E-state index in [9.17, 15) is 8.42 Å². The summed E-state index contributed by atoms with van der Waals surface area (Å²) in [6.45, 7) is 6.18. The third kappa shape index (κ3) is 2.50. The molecule has 1 aromatic rings. The van der Waals surface area contributed by atoms with Crippen LogP contribution in [0.4, 0.5) is 5.69 Å². The maximum absolute atomic E-state index is 12.0. The van der Waals surface area contributed by atoms with Crippen LogP contribution in [0, 0.1) is 0 Å². The van der Waals surface area contributed by atoms with Gasteiger partial charge in [0.25, 0.3) is 0 Å². The monoisotopic (exact) mass is 252 g/mol. The number of fused-ring (bicyclic) bond motifs is 1. The van der Waals surface area contributed by atoms with Crippen LogP contribution in [0.15, 0.2) is 35.7 Å². The van der Waals surface area contributed by atoms with Crippen molar-refractivity contribution in [2.24, 2.45) is 0 Å². The number of hydrogen-bond acceptors (Lipinski definition) is 3. The fourth-order valence-corrected chi connectivity index (χ4v) is 3.08. The van der Waals surface area contributed by atoms with E-state index in [2.05, 4.69) is 16.6 Å². The number of nitrogens with one attached hydrogen (secondary N) is 2. The molecule has 92 valence electrons. The van der Waals surface area contributed by atoms with Gasteiger partial charge in [-0.3, -0.25) is 0 Å². The Bertz CT molecular complexity index is 537. The molecule has 0 saturated carbocycles. The average Bonchev–Trinajstić information content (AvgIpc) is 2.75. The molecule has 2 N–H and O–H groups in total. The summed E-state index contributed by atoms with van der Waals surface area (Å²) < 4.78 is 26.6. The molecule has 1 unspecified atom stereocenters. The first-order valence-electron chi connectivity index (χ1n) is 5.54. The first-order valence-corrected chi connectivity index (χ1v) is 7.03. The van der Waals surface area contributed by atoms with Crippen LogP contribution in [0.3, 0.4) is 0 Å². The molecule has 4 nitrogen and oxygen atoms in total. The molecule has 0 radical (unpaired) electrons. The lowest BCUT2D eigenvalue weighted by atomic mass is 10.2. The van der Waals surface area contributed by atoms with Crippen LogP contribution in [0.1, 0.15) is 12.5 Å². The second kappa shape index (κ2) is 4.50. The van der Waals surface area contributed by atoms with Gasteiger partial charge in [-0.15, -0.1) is 6.58 Å². The zero-order valence-corrected chi connectivity index (χ0v) is 10.5. The van der Waals surface area contributed by atoms with Gasteiger partial charge in [0.1, 0.15) is 0 Å². The van der Waals surface area contributed by atoms with Crippen molar-refractivity contribution in [1.29, 1.82) is 0 Å².